The molecule has 0 unspecified atom stereocenters. The monoisotopic (exact) mass is 699 g/mol. The van der Waals surface area contributed by atoms with Gasteiger partial charge in [0, 0.05) is 29.2 Å². The van der Waals surface area contributed by atoms with Gasteiger partial charge in [0.15, 0.2) is 0 Å². The number of anilines is 3. The molecular formula is C30H24ClF6N5O4S. The lowest BCUT2D eigenvalue weighted by Crippen LogP contribution is -2.27. The number of aromatic nitrogens is 2. The van der Waals surface area contributed by atoms with Gasteiger partial charge >= 0.3 is 18.3 Å². The maximum atomic E-state index is 13.0. The summed E-state index contributed by atoms with van der Waals surface area (Å²) in [5.74, 6) is -1.68. The first-order valence-electron chi connectivity index (χ1n) is 13.5. The molecule has 2 aromatic carbocycles. The number of nitrogens with zero attached hydrogens (tertiary/aromatic N) is 2. The van der Waals surface area contributed by atoms with Crippen molar-refractivity contribution in [3.63, 3.8) is 0 Å². The number of carboxylic acid groups (broad SMARTS) is 1. The van der Waals surface area contributed by atoms with Crippen molar-refractivity contribution in [3.8, 4) is 11.5 Å². The van der Waals surface area contributed by atoms with Crippen LogP contribution in [0.25, 0.3) is 6.08 Å². The Labute approximate surface area is 272 Å². The largest absolute Gasteiger partial charge is 0.490 e. The predicted octanol–water partition coefficient (Wildman–Crippen LogP) is 7.94. The van der Waals surface area contributed by atoms with Gasteiger partial charge in [0.2, 0.25) is 5.91 Å². The lowest BCUT2D eigenvalue weighted by Gasteiger charge is -2.14. The third kappa shape index (κ3) is 10.1. The summed E-state index contributed by atoms with van der Waals surface area (Å²) in [5, 5.41) is 18.7. The van der Waals surface area contributed by atoms with Gasteiger partial charge in [0.1, 0.15) is 29.5 Å². The number of amides is 1. The molecule has 9 nitrogen and oxygen atoms in total. The highest BCUT2D eigenvalue weighted by molar-refractivity contribution is 7.09. The minimum absolute atomic E-state index is 0.0101. The number of carboxylic acids is 1. The number of rotatable bonds is 8. The highest BCUT2D eigenvalue weighted by Gasteiger charge is 2.38. The van der Waals surface area contributed by atoms with E-state index in [1.165, 1.54) is 23.3 Å². The summed E-state index contributed by atoms with van der Waals surface area (Å²) in [6.07, 6.45) is -5.13. The molecule has 1 aliphatic heterocycles. The summed E-state index contributed by atoms with van der Waals surface area (Å²) in [6, 6.07) is 13.4. The van der Waals surface area contributed by atoms with Gasteiger partial charge in [0.25, 0.3) is 0 Å². The molecule has 0 aliphatic carbocycles. The number of fused-ring (bicyclic) bond motifs is 1. The number of ether oxygens (including phenoxy) is 1. The zero-order valence-electron chi connectivity index (χ0n) is 23.9. The number of carbonyl (C=O) groups excluding carboxylic acids is 1. The molecule has 1 aliphatic rings. The van der Waals surface area contributed by atoms with Crippen molar-refractivity contribution < 1.29 is 45.8 Å². The predicted molar refractivity (Wildman–Crippen MR) is 164 cm³/mol. The van der Waals surface area contributed by atoms with E-state index in [2.05, 4.69) is 25.9 Å². The van der Waals surface area contributed by atoms with E-state index in [1.54, 1.807) is 35.6 Å². The molecular weight excluding hydrogens is 676 g/mol. The van der Waals surface area contributed by atoms with Gasteiger partial charge in [-0.2, -0.15) is 26.3 Å². The van der Waals surface area contributed by atoms with Crippen molar-refractivity contribution in [2.75, 3.05) is 23.7 Å². The molecule has 4 aromatic rings. The molecule has 47 heavy (non-hydrogen) atoms. The molecule has 0 fully saturated rings. The first-order valence-corrected chi connectivity index (χ1v) is 14.8. The molecule has 0 bridgehead atoms. The third-order valence-corrected chi connectivity index (χ3v) is 7.48. The van der Waals surface area contributed by atoms with Crippen LogP contribution in [0.15, 0.2) is 71.9 Å². The molecule has 1 amide bonds. The van der Waals surface area contributed by atoms with E-state index < -0.39 is 23.9 Å². The van der Waals surface area contributed by atoms with E-state index in [-0.39, 0.29) is 22.4 Å². The Morgan fingerprint density at radius 3 is 2.47 bits per heavy atom. The van der Waals surface area contributed by atoms with Crippen LogP contribution < -0.4 is 20.7 Å². The molecule has 4 N–H and O–H groups in total. The number of aliphatic carboxylic acids is 1. The number of hydrogen-bond donors (Lipinski definition) is 4. The molecule has 3 heterocycles. The summed E-state index contributed by atoms with van der Waals surface area (Å²) in [7, 11) is 0. The SMILES string of the molecule is O=C(NCCc1cccs1)C1=Cc2c(ncnc2Nc2ccc(Oc3cccc(C(F)(F)F)c3)c(Cl)c2)NCC1.O=C(O)C(F)(F)F. The van der Waals surface area contributed by atoms with Crippen molar-refractivity contribution in [2.24, 2.45) is 0 Å². The molecule has 5 rings (SSSR count). The zero-order valence-corrected chi connectivity index (χ0v) is 25.4. The average molecular weight is 700 g/mol. The highest BCUT2D eigenvalue weighted by atomic mass is 35.5. The number of carbonyl (C=O) groups is 2. The number of nitrogens with one attached hydrogen (secondary N) is 3. The van der Waals surface area contributed by atoms with E-state index in [1.807, 2.05) is 17.5 Å². The van der Waals surface area contributed by atoms with Crippen LogP contribution in [0.3, 0.4) is 0 Å². The van der Waals surface area contributed by atoms with E-state index in [9.17, 15) is 31.1 Å². The molecule has 17 heteroatoms. The van der Waals surface area contributed by atoms with Crippen molar-refractivity contribution in [1.82, 2.24) is 15.3 Å². The number of halogens is 7. The lowest BCUT2D eigenvalue weighted by atomic mass is 10.1. The van der Waals surface area contributed by atoms with Gasteiger partial charge in [-0.15, -0.1) is 11.3 Å². The Morgan fingerprint density at radius 1 is 1.04 bits per heavy atom. The second-order valence-corrected chi connectivity index (χ2v) is 11.1. The summed E-state index contributed by atoms with van der Waals surface area (Å²) in [4.78, 5) is 31.7. The lowest BCUT2D eigenvalue weighted by molar-refractivity contribution is -0.192. The Kier molecular flexibility index (Phi) is 11.3. The van der Waals surface area contributed by atoms with Crippen LogP contribution in [0, 0.1) is 0 Å². The van der Waals surface area contributed by atoms with Crippen LogP contribution in [-0.4, -0.2) is 46.2 Å². The van der Waals surface area contributed by atoms with E-state index >= 15 is 0 Å². The Balaban J connectivity index is 0.000000644. The minimum Gasteiger partial charge on any atom is -0.475 e. The highest BCUT2D eigenvalue weighted by Crippen LogP contribution is 2.36. The minimum atomic E-state index is -5.08. The maximum absolute atomic E-state index is 13.0. The Bertz CT molecular complexity index is 1750. The van der Waals surface area contributed by atoms with Gasteiger partial charge in [-0.05, 0) is 66.8 Å². The van der Waals surface area contributed by atoms with Gasteiger partial charge in [-0.25, -0.2) is 14.8 Å². The van der Waals surface area contributed by atoms with Crippen LogP contribution in [0.4, 0.5) is 43.7 Å². The van der Waals surface area contributed by atoms with Gasteiger partial charge in [-0.3, -0.25) is 4.79 Å². The number of benzene rings is 2. The summed E-state index contributed by atoms with van der Waals surface area (Å²) < 4.78 is 76.5. The first kappa shape index (κ1) is 35.0. The topological polar surface area (TPSA) is 125 Å². The Morgan fingerprint density at radius 2 is 1.81 bits per heavy atom. The smallest absolute Gasteiger partial charge is 0.475 e. The van der Waals surface area contributed by atoms with Gasteiger partial charge in [0.05, 0.1) is 16.1 Å². The van der Waals surface area contributed by atoms with Crippen molar-refractivity contribution >= 4 is 58.2 Å². The van der Waals surface area contributed by atoms with E-state index in [0.717, 1.165) is 18.6 Å². The maximum Gasteiger partial charge on any atom is 0.490 e. The zero-order chi connectivity index (χ0) is 34.2. The molecule has 0 spiro atoms. The van der Waals surface area contributed by atoms with Crippen LogP contribution in [0.5, 0.6) is 11.5 Å². The Hall–Kier alpha value is -4.83. The van der Waals surface area contributed by atoms with Crippen LogP contribution >= 0.6 is 22.9 Å². The van der Waals surface area contributed by atoms with Crippen LogP contribution in [0.2, 0.25) is 5.02 Å². The first-order chi connectivity index (χ1) is 22.2. The van der Waals surface area contributed by atoms with Crippen LogP contribution in [-0.2, 0) is 22.2 Å². The quantitative estimate of drug-likeness (QED) is 0.137. The number of hydrogen-bond acceptors (Lipinski definition) is 8. The van der Waals surface area contributed by atoms with E-state index in [0.29, 0.717) is 48.0 Å². The third-order valence-electron chi connectivity index (χ3n) is 6.24. The second-order valence-electron chi connectivity index (χ2n) is 9.62. The van der Waals surface area contributed by atoms with Crippen molar-refractivity contribution in [3.05, 3.63) is 92.9 Å². The summed E-state index contributed by atoms with van der Waals surface area (Å²) >= 11 is 8.05. The molecule has 0 radical (unpaired) electrons. The van der Waals surface area contributed by atoms with Crippen molar-refractivity contribution in [1.29, 1.82) is 0 Å². The molecule has 0 saturated carbocycles. The normalized spacial score (nSPS) is 12.7. The van der Waals surface area contributed by atoms with Gasteiger partial charge < -0.3 is 25.8 Å². The molecule has 0 saturated heterocycles. The number of alkyl halides is 6. The molecule has 248 valence electrons. The summed E-state index contributed by atoms with van der Waals surface area (Å²) in [5.41, 5.74) is 0.949. The fraction of sp³-hybridized carbons (Fsp3) is 0.200. The van der Waals surface area contributed by atoms with Gasteiger partial charge in [-0.1, -0.05) is 23.7 Å². The fourth-order valence-electron chi connectivity index (χ4n) is 4.04. The molecule has 0 atom stereocenters. The fourth-order valence-corrected chi connectivity index (χ4v) is 4.97. The van der Waals surface area contributed by atoms with Crippen LogP contribution in [0.1, 0.15) is 22.4 Å². The second kappa shape index (κ2) is 15.2. The standard InChI is InChI=1S/C28H23ClF3N5O2S.C2HF3O2/c29-23-15-19(6-7-24(23)39-20-4-1-3-18(14-20)28(30,31)32)37-26-22-13-17(8-10-33-25(22)35-16-36-26)27(38)34-11-9-21-5-2-12-40-21;3-2(4,5)1(6)7/h1-7,12-16H,8-11H2,(H,34,38)(H2,33,35,36,37);(H,6,7). The molecule has 2 aromatic heterocycles. The van der Waals surface area contributed by atoms with Crippen molar-refractivity contribution in [2.45, 2.75) is 25.2 Å². The average Bonchev–Trinajstić information content (AvgIpc) is 3.42. The number of thiophene rings is 1. The van der Waals surface area contributed by atoms with E-state index in [4.69, 9.17) is 26.2 Å². The summed E-state index contributed by atoms with van der Waals surface area (Å²) in [6.45, 7) is 1.06.